The second-order valence-electron chi connectivity index (χ2n) is 10.7. The van der Waals surface area contributed by atoms with Crippen LogP contribution in [0.15, 0.2) is 152 Å². The van der Waals surface area contributed by atoms with Crippen molar-refractivity contribution >= 4 is 49.8 Å². The summed E-state index contributed by atoms with van der Waals surface area (Å²) in [6.07, 6.45) is 2.18. The Balaban J connectivity index is 1.34. The number of anilines is 3. The van der Waals surface area contributed by atoms with Crippen LogP contribution in [0.2, 0.25) is 0 Å². The van der Waals surface area contributed by atoms with Gasteiger partial charge in [0.1, 0.15) is 0 Å². The van der Waals surface area contributed by atoms with Gasteiger partial charge in [-0.2, -0.15) is 0 Å². The van der Waals surface area contributed by atoms with E-state index < -0.39 is 0 Å². The highest BCUT2D eigenvalue weighted by Crippen LogP contribution is 2.50. The number of ether oxygens (including phenoxy) is 1. The summed E-state index contributed by atoms with van der Waals surface area (Å²) in [5, 5.41) is 3.69. The van der Waals surface area contributed by atoms with Crippen molar-refractivity contribution in [3.05, 3.63) is 152 Å². The Morgan fingerprint density at radius 3 is 1.93 bits per heavy atom. The van der Waals surface area contributed by atoms with E-state index in [0.717, 1.165) is 39.9 Å². The first-order valence-corrected chi connectivity index (χ1v) is 14.2. The molecule has 0 aliphatic carbocycles. The summed E-state index contributed by atoms with van der Waals surface area (Å²) in [7, 11) is 0. The minimum atomic E-state index is 0.848. The summed E-state index contributed by atoms with van der Waals surface area (Å²) in [6, 6.07) is 51.3. The predicted octanol–water partition coefficient (Wildman–Crippen LogP) is 10.3. The van der Waals surface area contributed by atoms with E-state index in [1.54, 1.807) is 0 Å². The first-order valence-electron chi connectivity index (χ1n) is 14.2. The Morgan fingerprint density at radius 2 is 1.12 bits per heavy atom. The molecule has 1 aliphatic heterocycles. The van der Waals surface area contributed by atoms with Gasteiger partial charge < -0.3 is 18.8 Å². The third-order valence-corrected chi connectivity index (χ3v) is 8.30. The predicted molar refractivity (Wildman–Crippen MR) is 172 cm³/mol. The highest BCUT2D eigenvalue weighted by atomic mass is 16.5. The van der Waals surface area contributed by atoms with E-state index >= 15 is 0 Å². The van der Waals surface area contributed by atoms with Gasteiger partial charge >= 0.3 is 0 Å². The molecule has 4 heteroatoms. The zero-order valence-corrected chi connectivity index (χ0v) is 22.7. The van der Waals surface area contributed by atoms with Crippen LogP contribution in [0, 0.1) is 0 Å². The van der Waals surface area contributed by atoms with E-state index in [0.29, 0.717) is 0 Å². The molecule has 1 aliphatic rings. The molecule has 0 fully saturated rings. The van der Waals surface area contributed by atoms with Gasteiger partial charge in [-0.1, -0.05) is 78.9 Å². The number of rotatable bonds is 3. The van der Waals surface area contributed by atoms with Gasteiger partial charge in [0.25, 0.3) is 0 Å². The van der Waals surface area contributed by atoms with Crippen molar-refractivity contribution in [2.24, 2.45) is 0 Å². The van der Waals surface area contributed by atoms with E-state index in [9.17, 15) is 0 Å². The largest absolute Gasteiger partial charge is 0.453 e. The molecular formula is C38H25N3O. The molecule has 8 aromatic rings. The fourth-order valence-electron chi connectivity index (χ4n) is 6.50. The molecular weight excluding hydrogens is 514 g/mol. The van der Waals surface area contributed by atoms with Crippen LogP contribution in [0.25, 0.3) is 44.1 Å². The molecule has 0 spiro atoms. The van der Waals surface area contributed by atoms with Crippen molar-refractivity contribution in [2.45, 2.75) is 0 Å². The molecule has 0 radical (unpaired) electrons. The molecule has 198 valence electrons. The Kier molecular flexibility index (Phi) is 4.87. The van der Waals surface area contributed by atoms with Crippen LogP contribution in [0.5, 0.6) is 11.5 Å². The van der Waals surface area contributed by atoms with Crippen LogP contribution >= 0.6 is 0 Å². The molecule has 9 rings (SSSR count). The molecule has 0 amide bonds. The number of nitrogens with zero attached hydrogens (tertiary/aromatic N) is 3. The molecule has 0 N–H and O–H groups in total. The minimum Gasteiger partial charge on any atom is -0.453 e. The topological polar surface area (TPSA) is 22.3 Å². The number of benzene rings is 6. The molecule has 2 aromatic heterocycles. The van der Waals surface area contributed by atoms with Gasteiger partial charge in [-0.05, 0) is 66.7 Å². The summed E-state index contributed by atoms with van der Waals surface area (Å²) < 4.78 is 11.0. The van der Waals surface area contributed by atoms with E-state index in [-0.39, 0.29) is 0 Å². The second kappa shape index (κ2) is 8.88. The van der Waals surface area contributed by atoms with Crippen LogP contribution in [0.4, 0.5) is 17.1 Å². The Bertz CT molecular complexity index is 2250. The number of hydrogen-bond acceptors (Lipinski definition) is 2. The summed E-state index contributed by atoms with van der Waals surface area (Å²) in [6.45, 7) is 0. The number of hydrogen-bond donors (Lipinski definition) is 0. The molecule has 0 bridgehead atoms. The molecule has 0 atom stereocenters. The lowest BCUT2D eigenvalue weighted by Crippen LogP contribution is -2.15. The average molecular weight is 540 g/mol. The van der Waals surface area contributed by atoms with Gasteiger partial charge in [-0.15, -0.1) is 0 Å². The van der Waals surface area contributed by atoms with Crippen LogP contribution in [0.1, 0.15) is 0 Å². The van der Waals surface area contributed by atoms with Crippen LogP contribution in [0.3, 0.4) is 0 Å². The molecule has 6 aromatic carbocycles. The number of fused-ring (bicyclic) bond motifs is 7. The van der Waals surface area contributed by atoms with Crippen LogP contribution in [-0.4, -0.2) is 9.13 Å². The zero-order valence-electron chi connectivity index (χ0n) is 22.7. The third-order valence-electron chi connectivity index (χ3n) is 8.30. The zero-order chi connectivity index (χ0) is 27.6. The van der Waals surface area contributed by atoms with Gasteiger partial charge in [0, 0.05) is 39.4 Å². The minimum absolute atomic E-state index is 0.848. The Morgan fingerprint density at radius 1 is 0.452 bits per heavy atom. The molecule has 0 saturated carbocycles. The summed E-state index contributed by atoms with van der Waals surface area (Å²) in [5.41, 5.74) is 8.95. The highest BCUT2D eigenvalue weighted by molar-refractivity contribution is 6.18. The first-order chi connectivity index (χ1) is 20.8. The van der Waals surface area contributed by atoms with E-state index in [4.69, 9.17) is 4.74 Å². The quantitative estimate of drug-likeness (QED) is 0.223. The summed E-state index contributed by atoms with van der Waals surface area (Å²) in [4.78, 5) is 2.30. The van der Waals surface area contributed by atoms with Gasteiger partial charge in [-0.3, -0.25) is 0 Å². The third kappa shape index (κ3) is 3.29. The number of para-hydroxylation sites is 6. The van der Waals surface area contributed by atoms with Crippen molar-refractivity contribution in [1.29, 1.82) is 0 Å². The first kappa shape index (κ1) is 23.0. The van der Waals surface area contributed by atoms with Gasteiger partial charge in [0.2, 0.25) is 0 Å². The smallest absolute Gasteiger partial charge is 0.151 e. The molecule has 3 heterocycles. The molecule has 0 unspecified atom stereocenters. The maximum absolute atomic E-state index is 6.29. The highest BCUT2D eigenvalue weighted by Gasteiger charge is 2.26. The van der Waals surface area contributed by atoms with Gasteiger partial charge in [-0.25, -0.2) is 0 Å². The van der Waals surface area contributed by atoms with Crippen molar-refractivity contribution in [1.82, 2.24) is 9.13 Å². The lowest BCUT2D eigenvalue weighted by Gasteiger charge is -2.33. The van der Waals surface area contributed by atoms with E-state index in [2.05, 4.69) is 142 Å². The average Bonchev–Trinajstić information content (AvgIpc) is 3.63. The lowest BCUT2D eigenvalue weighted by atomic mass is 10.1. The van der Waals surface area contributed by atoms with Gasteiger partial charge in [0.05, 0.1) is 27.9 Å². The van der Waals surface area contributed by atoms with Crippen molar-refractivity contribution in [3.63, 3.8) is 0 Å². The standard InChI is InChI=1S/C38H25N3O/c1-2-11-27(12-3-1)39-24-23-26-21-22-31-30-15-4-5-16-32(30)41(38(31)37(26)39)29-14-10-13-28(25-29)40-33-17-6-8-19-35(33)42-36-20-9-7-18-34(36)40/h1-25H. The summed E-state index contributed by atoms with van der Waals surface area (Å²) >= 11 is 0. The summed E-state index contributed by atoms with van der Waals surface area (Å²) in [5.74, 6) is 1.70. The fourth-order valence-corrected chi connectivity index (χ4v) is 6.50. The van der Waals surface area contributed by atoms with E-state index in [1.807, 2.05) is 24.3 Å². The molecule has 4 nitrogen and oxygen atoms in total. The normalized spacial score (nSPS) is 12.4. The Hall–Kier alpha value is -5.74. The van der Waals surface area contributed by atoms with E-state index in [1.165, 1.54) is 32.7 Å². The van der Waals surface area contributed by atoms with Crippen molar-refractivity contribution < 1.29 is 4.74 Å². The number of aromatic nitrogens is 2. The van der Waals surface area contributed by atoms with Crippen molar-refractivity contribution in [3.8, 4) is 22.9 Å². The van der Waals surface area contributed by atoms with Crippen LogP contribution in [-0.2, 0) is 0 Å². The van der Waals surface area contributed by atoms with Gasteiger partial charge in [0.15, 0.2) is 11.5 Å². The fraction of sp³-hybridized carbons (Fsp3) is 0. The maximum atomic E-state index is 6.29. The molecule has 42 heavy (non-hydrogen) atoms. The van der Waals surface area contributed by atoms with Crippen molar-refractivity contribution in [2.75, 3.05) is 4.90 Å². The maximum Gasteiger partial charge on any atom is 0.151 e. The monoisotopic (exact) mass is 539 g/mol. The Labute approximate surface area is 242 Å². The molecule has 0 saturated heterocycles. The second-order valence-corrected chi connectivity index (χ2v) is 10.7. The SMILES string of the molecule is c1ccc(-n2ccc3ccc4c5ccccc5n(-c5cccc(N6c7ccccc7Oc7ccccc76)c5)c4c32)cc1. The lowest BCUT2D eigenvalue weighted by molar-refractivity contribution is 0.477. The van der Waals surface area contributed by atoms with Crippen LogP contribution < -0.4 is 9.64 Å².